The minimum absolute atomic E-state index is 0.194. The molecular weight excluding hydrogens is 457 g/mol. The number of hydrogen-bond donors (Lipinski definition) is 2. The Morgan fingerprint density at radius 3 is 2.41 bits per heavy atom. The van der Waals surface area contributed by atoms with Crippen molar-refractivity contribution in [2.45, 2.75) is 4.90 Å². The third-order valence-electron chi connectivity index (χ3n) is 3.90. The van der Waals surface area contributed by atoms with E-state index in [-0.39, 0.29) is 15.7 Å². The van der Waals surface area contributed by atoms with Crippen molar-refractivity contribution >= 4 is 54.7 Å². The van der Waals surface area contributed by atoms with E-state index in [4.69, 9.17) is 17.0 Å². The molecule has 10 heteroatoms. The zero-order valence-corrected chi connectivity index (χ0v) is 17.3. The molecular formula is C17H17BrFN3O3S2. The topological polar surface area (TPSA) is 70.7 Å². The van der Waals surface area contributed by atoms with E-state index >= 15 is 0 Å². The van der Waals surface area contributed by atoms with Gasteiger partial charge in [0.15, 0.2) is 5.11 Å². The van der Waals surface area contributed by atoms with Crippen LogP contribution in [-0.4, -0.2) is 44.1 Å². The molecule has 27 heavy (non-hydrogen) atoms. The molecule has 1 aliphatic heterocycles. The lowest BCUT2D eigenvalue weighted by atomic mass is 10.3. The Morgan fingerprint density at radius 1 is 1.11 bits per heavy atom. The first-order valence-electron chi connectivity index (χ1n) is 8.07. The monoisotopic (exact) mass is 473 g/mol. The van der Waals surface area contributed by atoms with E-state index in [1.165, 1.54) is 22.5 Å². The van der Waals surface area contributed by atoms with E-state index in [1.54, 1.807) is 24.3 Å². The second-order valence-corrected chi connectivity index (χ2v) is 9.01. The number of ether oxygens (including phenoxy) is 1. The highest BCUT2D eigenvalue weighted by atomic mass is 79.9. The summed E-state index contributed by atoms with van der Waals surface area (Å²) < 4.78 is 46.3. The standard InChI is InChI=1S/C17H17BrFN3O3S2/c18-12-1-6-16(15(19)11-12)21-17(26)20-13-2-4-14(5-3-13)27(23,24)22-7-9-25-10-8-22/h1-6,11H,7-10H2,(H2,20,21,26). The van der Waals surface area contributed by atoms with Gasteiger partial charge in [0, 0.05) is 23.2 Å². The van der Waals surface area contributed by atoms with Gasteiger partial charge >= 0.3 is 0 Å². The Labute approximate surface area is 170 Å². The number of nitrogens with zero attached hydrogens (tertiary/aromatic N) is 1. The summed E-state index contributed by atoms with van der Waals surface area (Å²) in [6, 6.07) is 10.8. The first kappa shape index (κ1) is 20.2. The number of thiocarbonyl (C=S) groups is 1. The normalized spacial score (nSPS) is 15.3. The van der Waals surface area contributed by atoms with Crippen LogP contribution in [0.15, 0.2) is 51.8 Å². The summed E-state index contributed by atoms with van der Waals surface area (Å²) in [5, 5.41) is 5.86. The number of hydrogen-bond acceptors (Lipinski definition) is 4. The summed E-state index contributed by atoms with van der Waals surface area (Å²) in [5.41, 5.74) is 0.827. The number of benzene rings is 2. The van der Waals surface area contributed by atoms with Crippen molar-refractivity contribution < 1.29 is 17.5 Å². The minimum Gasteiger partial charge on any atom is -0.379 e. The highest BCUT2D eigenvalue weighted by molar-refractivity contribution is 9.10. The van der Waals surface area contributed by atoms with Crippen molar-refractivity contribution in [1.82, 2.24) is 4.31 Å². The van der Waals surface area contributed by atoms with Crippen molar-refractivity contribution in [2.75, 3.05) is 36.9 Å². The van der Waals surface area contributed by atoms with Gasteiger partial charge in [0.05, 0.1) is 23.8 Å². The highest BCUT2D eigenvalue weighted by Gasteiger charge is 2.26. The van der Waals surface area contributed by atoms with Gasteiger partial charge in [0.1, 0.15) is 5.82 Å². The summed E-state index contributed by atoms with van der Waals surface area (Å²) in [4.78, 5) is 0.202. The molecule has 0 spiro atoms. The number of morpholine rings is 1. The molecule has 0 radical (unpaired) electrons. The fourth-order valence-corrected chi connectivity index (χ4v) is 4.49. The second kappa shape index (κ2) is 8.61. The molecule has 1 fully saturated rings. The maximum atomic E-state index is 13.9. The Bertz CT molecular complexity index is 933. The molecule has 2 aromatic rings. The van der Waals surface area contributed by atoms with Crippen molar-refractivity contribution in [3.05, 3.63) is 52.8 Å². The van der Waals surface area contributed by atoms with Crippen molar-refractivity contribution in [1.29, 1.82) is 0 Å². The molecule has 1 aliphatic rings. The van der Waals surface area contributed by atoms with E-state index in [0.29, 0.717) is 36.5 Å². The van der Waals surface area contributed by atoms with E-state index in [1.807, 2.05) is 0 Å². The average Bonchev–Trinajstić information content (AvgIpc) is 2.65. The first-order chi connectivity index (χ1) is 12.9. The Morgan fingerprint density at radius 2 is 1.78 bits per heavy atom. The number of nitrogens with one attached hydrogen (secondary N) is 2. The van der Waals surface area contributed by atoms with Crippen LogP contribution in [0.25, 0.3) is 0 Å². The fourth-order valence-electron chi connectivity index (χ4n) is 2.52. The first-order valence-corrected chi connectivity index (χ1v) is 10.7. The quantitative estimate of drug-likeness (QED) is 0.662. The van der Waals surface area contributed by atoms with Gasteiger partial charge < -0.3 is 15.4 Å². The van der Waals surface area contributed by atoms with Crippen molar-refractivity contribution in [3.63, 3.8) is 0 Å². The number of halogens is 2. The molecule has 0 aromatic heterocycles. The summed E-state index contributed by atoms with van der Waals surface area (Å²) in [6.45, 7) is 1.47. The molecule has 0 bridgehead atoms. The lowest BCUT2D eigenvalue weighted by Gasteiger charge is -2.26. The van der Waals surface area contributed by atoms with Gasteiger partial charge in [-0.3, -0.25) is 0 Å². The third-order valence-corrected chi connectivity index (χ3v) is 6.51. The van der Waals surface area contributed by atoms with E-state index in [9.17, 15) is 12.8 Å². The van der Waals surface area contributed by atoms with Gasteiger partial charge in [-0.2, -0.15) is 4.31 Å². The average molecular weight is 474 g/mol. The summed E-state index contributed by atoms with van der Waals surface area (Å²) in [5.74, 6) is -0.444. The zero-order chi connectivity index (χ0) is 19.4. The molecule has 0 aliphatic carbocycles. The summed E-state index contributed by atoms with van der Waals surface area (Å²) in [6.07, 6.45) is 0. The van der Waals surface area contributed by atoms with Crippen LogP contribution in [0.2, 0.25) is 0 Å². The summed E-state index contributed by atoms with van der Waals surface area (Å²) in [7, 11) is -3.54. The predicted molar refractivity (Wildman–Crippen MR) is 110 cm³/mol. The van der Waals surface area contributed by atoms with Crippen LogP contribution in [0.5, 0.6) is 0 Å². The molecule has 0 unspecified atom stereocenters. The molecule has 3 rings (SSSR count). The SMILES string of the molecule is O=S(=O)(c1ccc(NC(=S)Nc2ccc(Br)cc2F)cc1)N1CCOCC1. The molecule has 0 atom stereocenters. The molecule has 6 nitrogen and oxygen atoms in total. The number of anilines is 2. The smallest absolute Gasteiger partial charge is 0.243 e. The lowest BCUT2D eigenvalue weighted by molar-refractivity contribution is 0.0730. The maximum Gasteiger partial charge on any atom is 0.243 e. The fraction of sp³-hybridized carbons (Fsp3) is 0.235. The number of sulfonamides is 1. The molecule has 144 valence electrons. The Hall–Kier alpha value is -1.59. The largest absolute Gasteiger partial charge is 0.379 e. The Kier molecular flexibility index (Phi) is 6.43. The van der Waals surface area contributed by atoms with Crippen LogP contribution in [0.1, 0.15) is 0 Å². The molecule has 0 saturated carbocycles. The highest BCUT2D eigenvalue weighted by Crippen LogP contribution is 2.21. The molecule has 0 amide bonds. The maximum absolute atomic E-state index is 13.9. The predicted octanol–water partition coefficient (Wildman–Crippen LogP) is 3.42. The van der Waals surface area contributed by atoms with Gasteiger partial charge in [0.25, 0.3) is 0 Å². The van der Waals surface area contributed by atoms with Crippen molar-refractivity contribution in [2.24, 2.45) is 0 Å². The van der Waals surface area contributed by atoms with Crippen LogP contribution in [-0.2, 0) is 14.8 Å². The molecule has 2 aromatic carbocycles. The van der Waals surface area contributed by atoms with Crippen LogP contribution < -0.4 is 10.6 Å². The lowest BCUT2D eigenvalue weighted by Crippen LogP contribution is -2.40. The molecule has 1 heterocycles. The van der Waals surface area contributed by atoms with Crippen molar-refractivity contribution in [3.8, 4) is 0 Å². The van der Waals surface area contributed by atoms with Gasteiger partial charge in [-0.1, -0.05) is 15.9 Å². The van der Waals surface area contributed by atoms with Gasteiger partial charge in [0.2, 0.25) is 10.0 Å². The third kappa shape index (κ3) is 5.02. The van der Waals surface area contributed by atoms with E-state index in [2.05, 4.69) is 26.6 Å². The van der Waals surface area contributed by atoms with Crippen LogP contribution in [0, 0.1) is 5.82 Å². The Balaban J connectivity index is 1.65. The second-order valence-electron chi connectivity index (χ2n) is 5.74. The zero-order valence-electron chi connectivity index (χ0n) is 14.1. The minimum atomic E-state index is -3.54. The van der Waals surface area contributed by atoms with Crippen LogP contribution >= 0.6 is 28.1 Å². The van der Waals surface area contributed by atoms with E-state index in [0.717, 1.165) is 0 Å². The summed E-state index contributed by atoms with van der Waals surface area (Å²) >= 11 is 8.37. The molecule has 1 saturated heterocycles. The van der Waals surface area contributed by atoms with E-state index < -0.39 is 15.8 Å². The van der Waals surface area contributed by atoms with Gasteiger partial charge in [-0.25, -0.2) is 12.8 Å². The van der Waals surface area contributed by atoms with Gasteiger partial charge in [-0.05, 0) is 54.7 Å². The number of rotatable bonds is 4. The van der Waals surface area contributed by atoms with Crippen LogP contribution in [0.4, 0.5) is 15.8 Å². The van der Waals surface area contributed by atoms with Crippen LogP contribution in [0.3, 0.4) is 0 Å². The van der Waals surface area contributed by atoms with Gasteiger partial charge in [-0.15, -0.1) is 0 Å². The molecule has 2 N–H and O–H groups in total.